The van der Waals surface area contributed by atoms with Crippen LogP contribution in [0.2, 0.25) is 0 Å². The van der Waals surface area contributed by atoms with Crippen molar-refractivity contribution in [2.45, 2.75) is 47.0 Å². The van der Waals surface area contributed by atoms with E-state index >= 15 is 0 Å². The maximum absolute atomic E-state index is 12.6. The van der Waals surface area contributed by atoms with Crippen molar-refractivity contribution in [3.63, 3.8) is 0 Å². The second kappa shape index (κ2) is 17.1. The quantitative estimate of drug-likeness (QED) is 0.124. The number of hydrogen-bond donors (Lipinski definition) is 1. The van der Waals surface area contributed by atoms with E-state index in [1.165, 1.54) is 0 Å². The molecule has 0 aliphatic rings. The maximum Gasteiger partial charge on any atom is 0.373 e. The molecule has 2 amide bonds. The maximum atomic E-state index is 12.6. The number of hydrogen-bond acceptors (Lipinski definition) is 6. The topological polar surface area (TPSA) is 86.3 Å². The Kier molecular flexibility index (Phi) is 13.8. The van der Waals surface area contributed by atoms with E-state index in [0.29, 0.717) is 38.7 Å². The number of carbonyl (C=O) groups is 2. The van der Waals surface area contributed by atoms with Gasteiger partial charge in [0.25, 0.3) is 0 Å². The molecule has 2 rings (SSSR count). The zero-order chi connectivity index (χ0) is 27.8. The molecule has 0 saturated heterocycles. The third-order valence-corrected chi connectivity index (χ3v) is 5.67. The lowest BCUT2D eigenvalue weighted by Crippen LogP contribution is -2.37. The Morgan fingerprint density at radius 2 is 1.71 bits per heavy atom. The Morgan fingerprint density at radius 1 is 0.921 bits per heavy atom. The number of anilines is 1. The fourth-order valence-corrected chi connectivity index (χ4v) is 3.70. The number of carbonyl (C=O) groups excluding carboxylic acids is 2. The number of ether oxygens (including phenoxy) is 4. The summed E-state index contributed by atoms with van der Waals surface area (Å²) >= 11 is 0. The minimum atomic E-state index is -0.513. The normalized spacial score (nSPS) is 11.1. The molecule has 0 spiro atoms. The lowest BCUT2D eigenvalue weighted by atomic mass is 10.0. The van der Waals surface area contributed by atoms with Gasteiger partial charge in [-0.1, -0.05) is 44.0 Å². The molecule has 38 heavy (non-hydrogen) atoms. The third kappa shape index (κ3) is 9.74. The van der Waals surface area contributed by atoms with Gasteiger partial charge in [0.05, 0.1) is 19.8 Å². The van der Waals surface area contributed by atoms with Crippen molar-refractivity contribution in [1.82, 2.24) is 5.32 Å². The highest BCUT2D eigenvalue weighted by atomic mass is 16.6. The summed E-state index contributed by atoms with van der Waals surface area (Å²) in [5.41, 5.74) is 3.24. The van der Waals surface area contributed by atoms with E-state index in [1.807, 2.05) is 56.3 Å². The van der Waals surface area contributed by atoms with Crippen LogP contribution in [0.15, 0.2) is 48.2 Å². The average Bonchev–Trinajstić information content (AvgIpc) is 2.93. The first-order chi connectivity index (χ1) is 18.4. The van der Waals surface area contributed by atoms with Gasteiger partial charge in [0.2, 0.25) is 5.76 Å². The second-order valence-corrected chi connectivity index (χ2v) is 8.51. The van der Waals surface area contributed by atoms with Crippen molar-refractivity contribution in [3.05, 3.63) is 53.8 Å². The molecular formula is C30H42N2O6. The Bertz CT molecular complexity index is 1050. The zero-order valence-corrected chi connectivity index (χ0v) is 23.4. The fourth-order valence-electron chi connectivity index (χ4n) is 3.70. The summed E-state index contributed by atoms with van der Waals surface area (Å²) in [6.45, 7) is 10.3. The largest absolute Gasteiger partial charge is 0.491 e. The molecule has 0 bridgehead atoms. The molecule has 0 radical (unpaired) electrons. The highest BCUT2D eigenvalue weighted by molar-refractivity contribution is 5.93. The molecule has 0 aliphatic carbocycles. The predicted octanol–water partition coefficient (Wildman–Crippen LogP) is 6.05. The molecule has 1 N–H and O–H groups in total. The highest BCUT2D eigenvalue weighted by Gasteiger charge is 2.15. The van der Waals surface area contributed by atoms with Crippen LogP contribution in [0.3, 0.4) is 0 Å². The minimum absolute atomic E-state index is 0.135. The number of nitrogens with zero attached hydrogens (tertiary/aromatic N) is 1. The lowest BCUT2D eigenvalue weighted by Gasteiger charge is -2.20. The number of esters is 1. The Labute approximate surface area is 226 Å². The summed E-state index contributed by atoms with van der Waals surface area (Å²) in [6.07, 6.45) is 4.80. The number of amides is 2. The van der Waals surface area contributed by atoms with Crippen molar-refractivity contribution in [2.75, 3.05) is 51.5 Å². The van der Waals surface area contributed by atoms with Gasteiger partial charge >= 0.3 is 12.0 Å². The van der Waals surface area contributed by atoms with Crippen LogP contribution in [0.25, 0.3) is 17.2 Å². The first-order valence-electron chi connectivity index (χ1n) is 13.4. The molecule has 8 heteroatoms. The molecule has 0 aromatic heterocycles. The lowest BCUT2D eigenvalue weighted by molar-refractivity contribution is -0.142. The van der Waals surface area contributed by atoms with Crippen molar-refractivity contribution < 1.29 is 28.5 Å². The summed E-state index contributed by atoms with van der Waals surface area (Å²) < 4.78 is 22.2. The van der Waals surface area contributed by atoms with Gasteiger partial charge in [0.15, 0.2) is 0 Å². The standard InChI is InChI=1S/C30H42N2O6/c1-6-10-11-17-31-30(34)32(5)25-14-12-13-24(22-25)26-16-15-23(20-27(26)38-19-18-35-7-2)21-28(36-8-3)29(33)37-9-4/h12-16,20-22H,6-11,17-19H2,1-5H3,(H,31,34). The number of nitrogens with one attached hydrogen (secondary N) is 1. The molecule has 8 nitrogen and oxygen atoms in total. The van der Waals surface area contributed by atoms with Crippen LogP contribution in [0, 0.1) is 0 Å². The molecule has 0 atom stereocenters. The van der Waals surface area contributed by atoms with Gasteiger partial charge in [-0.05, 0) is 62.6 Å². The van der Waals surface area contributed by atoms with E-state index in [-0.39, 0.29) is 18.4 Å². The summed E-state index contributed by atoms with van der Waals surface area (Å²) in [5, 5.41) is 2.97. The molecule has 0 saturated carbocycles. The highest BCUT2D eigenvalue weighted by Crippen LogP contribution is 2.34. The van der Waals surface area contributed by atoms with Crippen molar-refractivity contribution in [3.8, 4) is 16.9 Å². The number of benzene rings is 2. The molecule has 0 unspecified atom stereocenters. The zero-order valence-electron chi connectivity index (χ0n) is 23.4. The fraction of sp³-hybridized carbons (Fsp3) is 0.467. The summed E-state index contributed by atoms with van der Waals surface area (Å²) in [7, 11) is 1.76. The van der Waals surface area contributed by atoms with Crippen LogP contribution in [0.5, 0.6) is 5.75 Å². The average molecular weight is 527 g/mol. The van der Waals surface area contributed by atoms with Crippen LogP contribution in [0.1, 0.15) is 52.5 Å². The van der Waals surface area contributed by atoms with Gasteiger partial charge < -0.3 is 24.3 Å². The van der Waals surface area contributed by atoms with Crippen LogP contribution >= 0.6 is 0 Å². The number of urea groups is 1. The Hall–Kier alpha value is -3.52. The molecule has 0 aliphatic heterocycles. The first-order valence-corrected chi connectivity index (χ1v) is 13.4. The SMILES string of the molecule is CCCCCNC(=O)N(C)c1cccc(-c2ccc(C=C(OCC)C(=O)OCC)cc2OCCOCC)c1. The van der Waals surface area contributed by atoms with E-state index in [2.05, 4.69) is 12.2 Å². The smallest absolute Gasteiger partial charge is 0.373 e. The molecule has 2 aromatic carbocycles. The number of rotatable bonds is 16. The Morgan fingerprint density at radius 3 is 2.42 bits per heavy atom. The van der Waals surface area contributed by atoms with Gasteiger partial charge in [-0.2, -0.15) is 0 Å². The summed E-state index contributed by atoms with van der Waals surface area (Å²) in [6, 6.07) is 13.3. The molecule has 0 fully saturated rings. The van der Waals surface area contributed by atoms with Gasteiger partial charge in [-0.3, -0.25) is 4.90 Å². The van der Waals surface area contributed by atoms with E-state index in [0.717, 1.165) is 41.6 Å². The Balaban J connectivity index is 2.37. The van der Waals surface area contributed by atoms with Crippen molar-refractivity contribution in [2.24, 2.45) is 0 Å². The minimum Gasteiger partial charge on any atom is -0.491 e. The van der Waals surface area contributed by atoms with Gasteiger partial charge in [-0.25, -0.2) is 9.59 Å². The summed E-state index contributed by atoms with van der Waals surface area (Å²) in [4.78, 5) is 26.6. The second-order valence-electron chi connectivity index (χ2n) is 8.51. The molecule has 0 heterocycles. The van der Waals surface area contributed by atoms with E-state index in [9.17, 15) is 9.59 Å². The molecule has 208 valence electrons. The monoisotopic (exact) mass is 526 g/mol. The van der Waals surface area contributed by atoms with Gasteiger partial charge in [0, 0.05) is 31.5 Å². The van der Waals surface area contributed by atoms with Crippen molar-refractivity contribution >= 4 is 23.8 Å². The van der Waals surface area contributed by atoms with Crippen LogP contribution in [-0.2, 0) is 19.0 Å². The molecule has 2 aromatic rings. The van der Waals surface area contributed by atoms with E-state index in [4.69, 9.17) is 18.9 Å². The third-order valence-electron chi connectivity index (χ3n) is 5.67. The van der Waals surface area contributed by atoms with E-state index < -0.39 is 5.97 Å². The van der Waals surface area contributed by atoms with Crippen LogP contribution in [-0.4, -0.2) is 58.6 Å². The van der Waals surface area contributed by atoms with Crippen LogP contribution < -0.4 is 15.0 Å². The van der Waals surface area contributed by atoms with E-state index in [1.54, 1.807) is 24.9 Å². The first kappa shape index (κ1) is 30.7. The number of unbranched alkanes of at least 4 members (excludes halogenated alkanes) is 2. The van der Waals surface area contributed by atoms with Gasteiger partial charge in [0.1, 0.15) is 12.4 Å². The predicted molar refractivity (Wildman–Crippen MR) is 151 cm³/mol. The van der Waals surface area contributed by atoms with Crippen molar-refractivity contribution in [1.29, 1.82) is 0 Å². The molecular weight excluding hydrogens is 484 g/mol. The summed E-state index contributed by atoms with van der Waals surface area (Å²) in [5.74, 6) is 0.249. The van der Waals surface area contributed by atoms with Crippen LogP contribution in [0.4, 0.5) is 10.5 Å². The van der Waals surface area contributed by atoms with Gasteiger partial charge in [-0.15, -0.1) is 0 Å².